The van der Waals surface area contributed by atoms with Gasteiger partial charge in [-0.25, -0.2) is 4.79 Å². The third-order valence-electron chi connectivity index (χ3n) is 5.11. The summed E-state index contributed by atoms with van der Waals surface area (Å²) in [4.78, 5) is 27.0. The summed E-state index contributed by atoms with van der Waals surface area (Å²) in [7, 11) is 3.03. The smallest absolute Gasteiger partial charge is 0.338 e. The third kappa shape index (κ3) is 5.57. The van der Waals surface area contributed by atoms with Gasteiger partial charge in [-0.15, -0.1) is 6.58 Å². The maximum Gasteiger partial charge on any atom is 0.338 e. The molecule has 0 aliphatic carbocycles. The van der Waals surface area contributed by atoms with E-state index >= 15 is 0 Å². The number of amides is 1. The number of carbonyl (C=O) groups excluding carboxylic acids is 2. The average molecular weight is 424 g/mol. The van der Waals surface area contributed by atoms with E-state index in [0.29, 0.717) is 23.6 Å². The van der Waals surface area contributed by atoms with Crippen LogP contribution in [0.3, 0.4) is 0 Å². The van der Waals surface area contributed by atoms with Gasteiger partial charge >= 0.3 is 5.97 Å². The molecule has 0 saturated carbocycles. The SMILES string of the molecule is C=CCc1cc(C(=O)OCC(=O)Nc2ccc(N3CCCC3)cc2)cc(OC)c1OC. The van der Waals surface area contributed by atoms with E-state index in [2.05, 4.69) is 16.8 Å². The molecule has 1 saturated heterocycles. The molecule has 1 amide bonds. The zero-order valence-electron chi connectivity index (χ0n) is 18.0. The highest BCUT2D eigenvalue weighted by atomic mass is 16.5. The highest BCUT2D eigenvalue weighted by Gasteiger charge is 2.18. The average Bonchev–Trinajstić information content (AvgIpc) is 3.32. The minimum absolute atomic E-state index is 0.275. The quantitative estimate of drug-likeness (QED) is 0.487. The Morgan fingerprint density at radius 3 is 2.42 bits per heavy atom. The van der Waals surface area contributed by atoms with Gasteiger partial charge in [0.15, 0.2) is 18.1 Å². The first-order valence-electron chi connectivity index (χ1n) is 10.2. The van der Waals surface area contributed by atoms with Gasteiger partial charge in [0.2, 0.25) is 0 Å². The van der Waals surface area contributed by atoms with Crippen LogP contribution in [0.25, 0.3) is 0 Å². The zero-order valence-corrected chi connectivity index (χ0v) is 18.0. The van der Waals surface area contributed by atoms with Gasteiger partial charge in [0.05, 0.1) is 19.8 Å². The molecule has 0 bridgehead atoms. The van der Waals surface area contributed by atoms with E-state index in [-0.39, 0.29) is 5.56 Å². The number of hydrogen-bond donors (Lipinski definition) is 1. The van der Waals surface area contributed by atoms with Crippen LogP contribution in [0, 0.1) is 0 Å². The van der Waals surface area contributed by atoms with Gasteiger partial charge in [0.25, 0.3) is 5.91 Å². The van der Waals surface area contributed by atoms with Crippen molar-refractivity contribution in [2.45, 2.75) is 19.3 Å². The second kappa shape index (κ2) is 10.5. The molecule has 7 heteroatoms. The fourth-order valence-electron chi connectivity index (χ4n) is 3.61. The molecule has 2 aromatic rings. The highest BCUT2D eigenvalue weighted by Crippen LogP contribution is 2.33. The van der Waals surface area contributed by atoms with Gasteiger partial charge in [0.1, 0.15) is 0 Å². The van der Waals surface area contributed by atoms with Crippen LogP contribution in [0.5, 0.6) is 11.5 Å². The normalized spacial score (nSPS) is 12.9. The van der Waals surface area contributed by atoms with Crippen molar-refractivity contribution in [3.8, 4) is 11.5 Å². The fourth-order valence-corrected chi connectivity index (χ4v) is 3.61. The highest BCUT2D eigenvalue weighted by molar-refractivity contribution is 5.96. The molecular formula is C24H28N2O5. The number of esters is 1. The molecule has 7 nitrogen and oxygen atoms in total. The molecule has 0 unspecified atom stereocenters. The summed E-state index contributed by atoms with van der Waals surface area (Å²) >= 11 is 0. The number of anilines is 2. The van der Waals surface area contributed by atoms with Crippen LogP contribution in [0.4, 0.5) is 11.4 Å². The van der Waals surface area contributed by atoms with Crippen molar-refractivity contribution in [2.24, 2.45) is 0 Å². The zero-order chi connectivity index (χ0) is 22.2. The molecule has 0 radical (unpaired) electrons. The first kappa shape index (κ1) is 22.2. The number of benzene rings is 2. The first-order valence-corrected chi connectivity index (χ1v) is 10.2. The predicted octanol–water partition coefficient (Wildman–Crippen LogP) is 3.83. The molecule has 164 valence electrons. The summed E-state index contributed by atoms with van der Waals surface area (Å²) in [6.45, 7) is 5.45. The second-order valence-corrected chi connectivity index (χ2v) is 7.23. The summed E-state index contributed by atoms with van der Waals surface area (Å²) in [6.07, 6.45) is 4.61. The van der Waals surface area contributed by atoms with Crippen LogP contribution in [0.1, 0.15) is 28.8 Å². The summed E-state index contributed by atoms with van der Waals surface area (Å²) in [5.41, 5.74) is 2.82. The summed E-state index contributed by atoms with van der Waals surface area (Å²) < 4.78 is 15.9. The van der Waals surface area contributed by atoms with Gasteiger partial charge in [0, 0.05) is 30.0 Å². The Balaban J connectivity index is 1.59. The molecule has 1 aliphatic rings. The van der Waals surface area contributed by atoms with E-state index in [1.54, 1.807) is 12.1 Å². The predicted molar refractivity (Wildman–Crippen MR) is 120 cm³/mol. The number of ether oxygens (including phenoxy) is 3. The Kier molecular flexibility index (Phi) is 7.54. The molecule has 1 N–H and O–H groups in total. The number of allylic oxidation sites excluding steroid dienone is 1. The van der Waals surface area contributed by atoms with Crippen LogP contribution in [0.2, 0.25) is 0 Å². The maximum absolute atomic E-state index is 12.5. The third-order valence-corrected chi connectivity index (χ3v) is 5.11. The number of carbonyl (C=O) groups is 2. The van der Waals surface area contributed by atoms with E-state index in [4.69, 9.17) is 14.2 Å². The Bertz CT molecular complexity index is 934. The second-order valence-electron chi connectivity index (χ2n) is 7.23. The lowest BCUT2D eigenvalue weighted by Gasteiger charge is -2.17. The molecule has 0 aromatic heterocycles. The van der Waals surface area contributed by atoms with Crippen molar-refractivity contribution in [1.82, 2.24) is 0 Å². The largest absolute Gasteiger partial charge is 0.493 e. The van der Waals surface area contributed by atoms with E-state index < -0.39 is 18.5 Å². The monoisotopic (exact) mass is 424 g/mol. The van der Waals surface area contributed by atoms with E-state index in [1.165, 1.54) is 33.1 Å². The van der Waals surface area contributed by atoms with Crippen molar-refractivity contribution in [3.05, 3.63) is 60.2 Å². The van der Waals surface area contributed by atoms with Crippen molar-refractivity contribution in [1.29, 1.82) is 0 Å². The topological polar surface area (TPSA) is 77.1 Å². The van der Waals surface area contributed by atoms with E-state index in [1.807, 2.05) is 24.3 Å². The Hall–Kier alpha value is -3.48. The molecule has 0 spiro atoms. The molecule has 1 heterocycles. The summed E-state index contributed by atoms with van der Waals surface area (Å²) in [6, 6.07) is 10.9. The first-order chi connectivity index (χ1) is 15.0. The number of methoxy groups -OCH3 is 2. The molecule has 2 aromatic carbocycles. The van der Waals surface area contributed by atoms with Gasteiger partial charge in [-0.1, -0.05) is 6.08 Å². The van der Waals surface area contributed by atoms with Crippen molar-refractivity contribution in [2.75, 3.05) is 44.1 Å². The molecule has 0 atom stereocenters. The minimum atomic E-state index is -0.620. The number of hydrogen-bond acceptors (Lipinski definition) is 6. The lowest BCUT2D eigenvalue weighted by atomic mass is 10.1. The molecule has 3 rings (SSSR count). The van der Waals surface area contributed by atoms with Gasteiger partial charge in [-0.05, 0) is 55.7 Å². The van der Waals surface area contributed by atoms with Gasteiger partial charge in [-0.2, -0.15) is 0 Å². The van der Waals surface area contributed by atoms with Crippen LogP contribution in [-0.4, -0.2) is 45.8 Å². The van der Waals surface area contributed by atoms with Gasteiger partial charge < -0.3 is 24.4 Å². The summed E-state index contributed by atoms with van der Waals surface area (Å²) in [5.74, 6) is -0.0784. The standard InChI is InChI=1S/C24H28N2O5/c1-4-7-17-14-18(15-21(29-2)23(17)30-3)24(28)31-16-22(27)25-19-8-10-20(11-9-19)26-12-5-6-13-26/h4,8-11,14-15H,1,5-7,12-13,16H2,2-3H3,(H,25,27). The van der Waals surface area contributed by atoms with E-state index in [9.17, 15) is 9.59 Å². The van der Waals surface area contributed by atoms with Crippen molar-refractivity contribution < 1.29 is 23.8 Å². The van der Waals surface area contributed by atoms with Crippen molar-refractivity contribution >= 4 is 23.3 Å². The van der Waals surface area contributed by atoms with Crippen LogP contribution < -0.4 is 19.7 Å². The lowest BCUT2D eigenvalue weighted by molar-refractivity contribution is -0.119. The van der Waals surface area contributed by atoms with Crippen LogP contribution in [-0.2, 0) is 16.0 Å². The molecule has 31 heavy (non-hydrogen) atoms. The Labute approximate surface area is 182 Å². The van der Waals surface area contributed by atoms with E-state index in [0.717, 1.165) is 24.3 Å². The Morgan fingerprint density at radius 2 is 1.81 bits per heavy atom. The number of nitrogens with one attached hydrogen (secondary N) is 1. The lowest BCUT2D eigenvalue weighted by Crippen LogP contribution is -2.21. The molecular weight excluding hydrogens is 396 g/mol. The molecule has 1 fully saturated rings. The minimum Gasteiger partial charge on any atom is -0.493 e. The molecule has 1 aliphatic heterocycles. The summed E-state index contributed by atoms with van der Waals surface area (Å²) in [5, 5.41) is 2.75. The Morgan fingerprint density at radius 1 is 1.10 bits per heavy atom. The van der Waals surface area contributed by atoms with Gasteiger partial charge in [-0.3, -0.25) is 4.79 Å². The van der Waals surface area contributed by atoms with Crippen LogP contribution in [0.15, 0.2) is 49.1 Å². The number of rotatable bonds is 9. The van der Waals surface area contributed by atoms with Crippen molar-refractivity contribution in [3.63, 3.8) is 0 Å². The maximum atomic E-state index is 12.5. The number of nitrogens with zero attached hydrogens (tertiary/aromatic N) is 1. The fraction of sp³-hybridized carbons (Fsp3) is 0.333. The van der Waals surface area contributed by atoms with Crippen LogP contribution >= 0.6 is 0 Å².